The Labute approximate surface area is 163 Å². The normalized spacial score (nSPS) is 16.8. The molecule has 0 radical (unpaired) electrons. The van der Waals surface area contributed by atoms with Crippen molar-refractivity contribution in [3.8, 4) is 11.5 Å². The first-order valence-electron chi connectivity index (χ1n) is 9.06. The molecule has 0 aliphatic carbocycles. The Kier molecular flexibility index (Phi) is 5.40. The van der Waals surface area contributed by atoms with Gasteiger partial charge in [0, 0.05) is 18.2 Å². The van der Waals surface area contributed by atoms with Gasteiger partial charge in [-0.1, -0.05) is 32.0 Å². The van der Waals surface area contributed by atoms with Crippen molar-refractivity contribution in [3.05, 3.63) is 65.4 Å². The van der Waals surface area contributed by atoms with E-state index in [1.165, 1.54) is 24.1 Å². The molecule has 6 heteroatoms. The zero-order chi connectivity index (χ0) is 20.4. The third-order valence-electron chi connectivity index (χ3n) is 4.64. The largest absolute Gasteiger partial charge is 0.508 e. The highest BCUT2D eigenvalue weighted by Crippen LogP contribution is 2.42. The van der Waals surface area contributed by atoms with E-state index in [4.69, 9.17) is 4.74 Å². The Morgan fingerprint density at radius 2 is 1.82 bits per heavy atom. The number of Topliss-reactive ketones (excluding diaryl/α,β-unsaturated/α-hetero) is 1. The highest BCUT2D eigenvalue weighted by molar-refractivity contribution is 6.16. The van der Waals surface area contributed by atoms with Crippen LogP contribution in [0.1, 0.15) is 31.9 Å². The summed E-state index contributed by atoms with van der Waals surface area (Å²) in [7, 11) is 1.52. The number of ether oxygens (including phenoxy) is 1. The average Bonchev–Trinajstić information content (AvgIpc) is 2.93. The quantitative estimate of drug-likeness (QED) is 0.792. The van der Waals surface area contributed by atoms with Crippen LogP contribution in [0.3, 0.4) is 0 Å². The van der Waals surface area contributed by atoms with Crippen molar-refractivity contribution in [2.24, 2.45) is 5.92 Å². The van der Waals surface area contributed by atoms with Crippen molar-refractivity contribution in [3.63, 3.8) is 0 Å². The monoisotopic (exact) mass is 381 g/mol. The van der Waals surface area contributed by atoms with Crippen molar-refractivity contribution in [2.75, 3.05) is 12.0 Å². The highest BCUT2D eigenvalue weighted by Gasteiger charge is 2.44. The molecular formula is C22H23NO5. The number of nitrogens with zero attached hydrogens (tertiary/aromatic N) is 1. The van der Waals surface area contributed by atoms with Crippen LogP contribution in [0.15, 0.2) is 59.9 Å². The molecule has 28 heavy (non-hydrogen) atoms. The van der Waals surface area contributed by atoms with E-state index in [0.29, 0.717) is 17.0 Å². The standard InChI is InChI=1S/C22H23NO5/c1-13(2)11-18(25)19-20(14-7-9-16(24)10-8-14)23(22(27)21(19)26)15-5-4-6-17(12-15)28-3/h4-10,12-13,20,24,26H,11H2,1-3H3. The average molecular weight is 381 g/mol. The predicted octanol–water partition coefficient (Wildman–Crippen LogP) is 3.92. The zero-order valence-corrected chi connectivity index (χ0v) is 16.0. The van der Waals surface area contributed by atoms with E-state index in [2.05, 4.69) is 0 Å². The number of amides is 1. The topological polar surface area (TPSA) is 87.1 Å². The van der Waals surface area contributed by atoms with Crippen LogP contribution in [0.25, 0.3) is 0 Å². The van der Waals surface area contributed by atoms with Crippen molar-refractivity contribution in [1.29, 1.82) is 0 Å². The van der Waals surface area contributed by atoms with Crippen LogP contribution in [-0.4, -0.2) is 29.0 Å². The minimum Gasteiger partial charge on any atom is -0.508 e. The van der Waals surface area contributed by atoms with E-state index in [9.17, 15) is 19.8 Å². The first-order valence-corrected chi connectivity index (χ1v) is 9.06. The van der Waals surface area contributed by atoms with Crippen LogP contribution < -0.4 is 9.64 Å². The molecule has 0 bridgehead atoms. The van der Waals surface area contributed by atoms with Crippen LogP contribution in [0, 0.1) is 5.92 Å². The summed E-state index contributed by atoms with van der Waals surface area (Å²) >= 11 is 0. The number of rotatable bonds is 6. The number of aliphatic hydroxyl groups excluding tert-OH is 1. The number of carbonyl (C=O) groups excluding carboxylic acids is 2. The summed E-state index contributed by atoms with van der Waals surface area (Å²) in [5, 5.41) is 20.2. The summed E-state index contributed by atoms with van der Waals surface area (Å²) in [6, 6.07) is 12.4. The first-order chi connectivity index (χ1) is 13.3. The molecule has 0 aromatic heterocycles. The predicted molar refractivity (Wildman–Crippen MR) is 105 cm³/mol. The van der Waals surface area contributed by atoms with Gasteiger partial charge in [0.05, 0.1) is 18.7 Å². The number of aromatic hydroxyl groups is 1. The molecule has 2 aromatic rings. The van der Waals surface area contributed by atoms with Gasteiger partial charge in [0.1, 0.15) is 11.5 Å². The second kappa shape index (κ2) is 7.76. The maximum atomic E-state index is 12.9. The van der Waals surface area contributed by atoms with Crippen molar-refractivity contribution < 1.29 is 24.5 Å². The molecule has 0 saturated carbocycles. The minimum atomic E-state index is -0.786. The molecule has 0 spiro atoms. The van der Waals surface area contributed by atoms with Crippen molar-refractivity contribution in [1.82, 2.24) is 0 Å². The molecule has 1 aliphatic heterocycles. The summed E-state index contributed by atoms with van der Waals surface area (Å²) in [5.41, 5.74) is 1.19. The molecule has 1 heterocycles. The van der Waals surface area contributed by atoms with Gasteiger partial charge in [-0.25, -0.2) is 0 Å². The second-order valence-electron chi connectivity index (χ2n) is 7.15. The Morgan fingerprint density at radius 3 is 2.43 bits per heavy atom. The molecular weight excluding hydrogens is 358 g/mol. The molecule has 0 saturated heterocycles. The van der Waals surface area contributed by atoms with Gasteiger partial charge >= 0.3 is 0 Å². The number of hydrogen-bond donors (Lipinski definition) is 2. The molecule has 0 fully saturated rings. The third kappa shape index (κ3) is 3.58. The Morgan fingerprint density at radius 1 is 1.14 bits per heavy atom. The van der Waals surface area contributed by atoms with Gasteiger partial charge in [0.2, 0.25) is 0 Å². The summed E-state index contributed by atoms with van der Waals surface area (Å²) in [5.74, 6) is -0.746. The fraction of sp³-hybridized carbons (Fsp3) is 0.273. The molecule has 2 aromatic carbocycles. The minimum absolute atomic E-state index is 0.0734. The SMILES string of the molecule is COc1cccc(N2C(=O)C(O)=C(C(=O)CC(C)C)C2c2ccc(O)cc2)c1. The van der Waals surface area contributed by atoms with E-state index >= 15 is 0 Å². The van der Waals surface area contributed by atoms with Crippen LogP contribution >= 0.6 is 0 Å². The maximum absolute atomic E-state index is 12.9. The van der Waals surface area contributed by atoms with Gasteiger partial charge in [-0.05, 0) is 35.7 Å². The lowest BCUT2D eigenvalue weighted by atomic mass is 9.92. The van der Waals surface area contributed by atoms with Crippen LogP contribution in [-0.2, 0) is 9.59 Å². The van der Waals surface area contributed by atoms with Crippen LogP contribution in [0.2, 0.25) is 0 Å². The Balaban J connectivity index is 2.14. The number of hydrogen-bond acceptors (Lipinski definition) is 5. The molecule has 146 valence electrons. The number of methoxy groups -OCH3 is 1. The van der Waals surface area contributed by atoms with Gasteiger partial charge in [-0.15, -0.1) is 0 Å². The van der Waals surface area contributed by atoms with E-state index in [0.717, 1.165) is 0 Å². The van der Waals surface area contributed by atoms with Crippen molar-refractivity contribution >= 4 is 17.4 Å². The van der Waals surface area contributed by atoms with Crippen LogP contribution in [0.4, 0.5) is 5.69 Å². The lowest BCUT2D eigenvalue weighted by Gasteiger charge is -2.27. The molecule has 6 nitrogen and oxygen atoms in total. The van der Waals surface area contributed by atoms with Gasteiger partial charge in [-0.2, -0.15) is 0 Å². The van der Waals surface area contributed by atoms with Gasteiger partial charge < -0.3 is 14.9 Å². The maximum Gasteiger partial charge on any atom is 0.294 e. The van der Waals surface area contributed by atoms with Gasteiger partial charge in [0.25, 0.3) is 5.91 Å². The second-order valence-corrected chi connectivity index (χ2v) is 7.15. The van der Waals surface area contributed by atoms with E-state index < -0.39 is 17.7 Å². The summed E-state index contributed by atoms with van der Waals surface area (Å²) < 4.78 is 5.25. The molecule has 1 amide bonds. The van der Waals surface area contributed by atoms with Crippen LogP contribution in [0.5, 0.6) is 11.5 Å². The number of aliphatic hydroxyl groups is 1. The fourth-order valence-electron chi connectivity index (χ4n) is 3.37. The molecule has 1 atom stereocenters. The third-order valence-corrected chi connectivity index (χ3v) is 4.64. The Hall–Kier alpha value is -3.28. The number of ketones is 1. The zero-order valence-electron chi connectivity index (χ0n) is 16.0. The lowest BCUT2D eigenvalue weighted by molar-refractivity contribution is -0.118. The number of carbonyl (C=O) groups is 2. The van der Waals surface area contributed by atoms with Gasteiger partial charge in [0.15, 0.2) is 11.5 Å². The van der Waals surface area contributed by atoms with Crippen molar-refractivity contribution in [2.45, 2.75) is 26.3 Å². The summed E-state index contributed by atoms with van der Waals surface area (Å²) in [4.78, 5) is 27.2. The molecule has 2 N–H and O–H groups in total. The lowest BCUT2D eigenvalue weighted by Crippen LogP contribution is -2.31. The van der Waals surface area contributed by atoms with E-state index in [1.807, 2.05) is 13.8 Å². The number of phenols is 1. The fourth-order valence-corrected chi connectivity index (χ4v) is 3.37. The smallest absolute Gasteiger partial charge is 0.294 e. The molecule has 3 rings (SSSR count). The number of phenolic OH excluding ortho intramolecular Hbond substituents is 1. The number of anilines is 1. The molecule has 1 unspecified atom stereocenters. The van der Waals surface area contributed by atoms with E-state index in [1.54, 1.807) is 36.4 Å². The summed E-state index contributed by atoms with van der Waals surface area (Å²) in [6.45, 7) is 3.81. The molecule has 1 aliphatic rings. The highest BCUT2D eigenvalue weighted by atomic mass is 16.5. The Bertz CT molecular complexity index is 930. The van der Waals surface area contributed by atoms with E-state index in [-0.39, 0.29) is 29.4 Å². The summed E-state index contributed by atoms with van der Waals surface area (Å²) in [6.07, 6.45) is 0.215. The first kappa shape index (κ1) is 19.5. The number of benzene rings is 2. The van der Waals surface area contributed by atoms with Gasteiger partial charge in [-0.3, -0.25) is 14.5 Å².